The second-order valence-corrected chi connectivity index (χ2v) is 8.95. The SMILES string of the molecule is CCOc1cc(C(=O)N2CCOCC2)ccc1Nc1ncc(Cl)c(Nc2ccccc2SNC)n1. The normalized spacial score (nSPS) is 13.4. The zero-order valence-electron chi connectivity index (χ0n) is 19.5. The molecule has 1 aromatic heterocycles. The molecule has 1 aliphatic rings. The van der Waals surface area contributed by atoms with E-state index in [1.165, 1.54) is 18.1 Å². The summed E-state index contributed by atoms with van der Waals surface area (Å²) in [6.45, 7) is 4.58. The van der Waals surface area contributed by atoms with Crippen LogP contribution in [0.3, 0.4) is 0 Å². The first-order valence-corrected chi connectivity index (χ1v) is 12.4. The van der Waals surface area contributed by atoms with Gasteiger partial charge in [0.15, 0.2) is 5.82 Å². The molecule has 1 amide bonds. The Morgan fingerprint density at radius 2 is 1.97 bits per heavy atom. The molecular formula is C24H27ClN6O3S. The van der Waals surface area contributed by atoms with E-state index in [2.05, 4.69) is 25.3 Å². The van der Waals surface area contributed by atoms with E-state index >= 15 is 0 Å². The van der Waals surface area contributed by atoms with Crippen LogP contribution in [-0.4, -0.2) is 60.7 Å². The zero-order valence-corrected chi connectivity index (χ0v) is 21.1. The maximum Gasteiger partial charge on any atom is 0.254 e. The number of nitrogens with zero attached hydrogens (tertiary/aromatic N) is 3. The fraction of sp³-hybridized carbons (Fsp3) is 0.292. The van der Waals surface area contributed by atoms with Crippen molar-refractivity contribution in [3.63, 3.8) is 0 Å². The molecule has 9 nitrogen and oxygen atoms in total. The quantitative estimate of drug-likeness (QED) is 0.350. The van der Waals surface area contributed by atoms with Crippen LogP contribution < -0.4 is 20.1 Å². The number of nitrogens with one attached hydrogen (secondary N) is 3. The molecule has 2 heterocycles. The third-order valence-electron chi connectivity index (χ3n) is 5.17. The van der Waals surface area contributed by atoms with Gasteiger partial charge in [0.05, 0.1) is 37.4 Å². The fourth-order valence-corrected chi connectivity index (χ4v) is 4.25. The van der Waals surface area contributed by atoms with E-state index in [0.717, 1.165) is 10.6 Å². The smallest absolute Gasteiger partial charge is 0.254 e. The number of rotatable bonds is 9. The lowest BCUT2D eigenvalue weighted by Crippen LogP contribution is -2.40. The number of hydrogen-bond donors (Lipinski definition) is 3. The Morgan fingerprint density at radius 1 is 1.17 bits per heavy atom. The molecule has 0 spiro atoms. The van der Waals surface area contributed by atoms with Gasteiger partial charge in [-0.3, -0.25) is 9.52 Å². The Bertz CT molecular complexity index is 1180. The molecule has 0 aliphatic carbocycles. The fourth-order valence-electron chi connectivity index (χ4n) is 3.51. The maximum atomic E-state index is 12.9. The van der Waals surface area contributed by atoms with Crippen molar-refractivity contribution in [1.29, 1.82) is 0 Å². The van der Waals surface area contributed by atoms with Gasteiger partial charge < -0.3 is 25.0 Å². The summed E-state index contributed by atoms with van der Waals surface area (Å²) in [7, 11) is 1.86. The summed E-state index contributed by atoms with van der Waals surface area (Å²) in [5.41, 5.74) is 2.06. The van der Waals surface area contributed by atoms with E-state index in [1.807, 2.05) is 38.2 Å². The molecule has 0 atom stereocenters. The van der Waals surface area contributed by atoms with Gasteiger partial charge in [0, 0.05) is 23.5 Å². The predicted molar refractivity (Wildman–Crippen MR) is 139 cm³/mol. The predicted octanol–water partition coefficient (Wildman–Crippen LogP) is 4.71. The Balaban J connectivity index is 1.56. The first-order chi connectivity index (χ1) is 17.1. The summed E-state index contributed by atoms with van der Waals surface area (Å²) in [5, 5.41) is 6.85. The molecule has 0 bridgehead atoms. The minimum atomic E-state index is -0.0480. The molecule has 35 heavy (non-hydrogen) atoms. The molecule has 3 aromatic rings. The van der Waals surface area contributed by atoms with E-state index in [9.17, 15) is 4.79 Å². The van der Waals surface area contributed by atoms with E-state index in [4.69, 9.17) is 21.1 Å². The maximum absolute atomic E-state index is 12.9. The number of carbonyl (C=O) groups is 1. The summed E-state index contributed by atoms with van der Waals surface area (Å²) < 4.78 is 14.2. The van der Waals surface area contributed by atoms with Crippen molar-refractivity contribution < 1.29 is 14.3 Å². The lowest BCUT2D eigenvalue weighted by Gasteiger charge is -2.27. The molecule has 1 fully saturated rings. The minimum absolute atomic E-state index is 0.0480. The Labute approximate surface area is 213 Å². The van der Waals surface area contributed by atoms with Crippen molar-refractivity contribution in [3.05, 3.63) is 59.2 Å². The highest BCUT2D eigenvalue weighted by atomic mass is 35.5. The summed E-state index contributed by atoms with van der Waals surface area (Å²) in [4.78, 5) is 24.5. The van der Waals surface area contributed by atoms with Crippen molar-refractivity contribution >= 4 is 52.6 Å². The molecule has 0 radical (unpaired) electrons. The molecule has 0 saturated carbocycles. The average molecular weight is 515 g/mol. The van der Waals surface area contributed by atoms with Gasteiger partial charge in [-0.15, -0.1) is 0 Å². The van der Waals surface area contributed by atoms with Gasteiger partial charge in [-0.05, 0) is 56.3 Å². The summed E-state index contributed by atoms with van der Waals surface area (Å²) in [5.74, 6) is 1.29. The van der Waals surface area contributed by atoms with Crippen LogP contribution in [0.4, 0.5) is 23.1 Å². The average Bonchev–Trinajstić information content (AvgIpc) is 2.88. The number of ether oxygens (including phenoxy) is 2. The van der Waals surface area contributed by atoms with Gasteiger partial charge >= 0.3 is 0 Å². The number of anilines is 4. The van der Waals surface area contributed by atoms with Gasteiger partial charge in [0.1, 0.15) is 10.8 Å². The van der Waals surface area contributed by atoms with E-state index < -0.39 is 0 Å². The van der Waals surface area contributed by atoms with Gasteiger partial charge in [-0.1, -0.05) is 23.7 Å². The van der Waals surface area contributed by atoms with Crippen LogP contribution in [-0.2, 0) is 4.74 Å². The number of carbonyl (C=O) groups excluding carboxylic acids is 1. The van der Waals surface area contributed by atoms with E-state index in [-0.39, 0.29) is 5.91 Å². The highest BCUT2D eigenvalue weighted by Gasteiger charge is 2.20. The highest BCUT2D eigenvalue weighted by Crippen LogP contribution is 2.32. The van der Waals surface area contributed by atoms with Gasteiger partial charge in [-0.2, -0.15) is 4.98 Å². The number of para-hydroxylation sites is 1. The lowest BCUT2D eigenvalue weighted by molar-refractivity contribution is 0.0302. The number of halogens is 1. The summed E-state index contributed by atoms with van der Waals surface area (Å²) >= 11 is 7.86. The standard InChI is InChI=1S/C24H27ClN6O3S/c1-3-34-20-14-16(23(32)31-10-12-33-13-11-31)8-9-18(20)29-24-27-15-17(25)22(30-24)28-19-6-4-5-7-21(19)35-26-2/h4-9,14-15,26H,3,10-13H2,1-2H3,(H2,27,28,29,30). The van der Waals surface area contributed by atoms with Crippen molar-refractivity contribution in [3.8, 4) is 5.75 Å². The highest BCUT2D eigenvalue weighted by molar-refractivity contribution is 7.97. The number of hydrogen-bond acceptors (Lipinski definition) is 9. The van der Waals surface area contributed by atoms with Crippen molar-refractivity contribution in [2.24, 2.45) is 0 Å². The molecule has 0 unspecified atom stereocenters. The van der Waals surface area contributed by atoms with Gasteiger partial charge in [0.25, 0.3) is 5.91 Å². The van der Waals surface area contributed by atoms with Crippen LogP contribution in [0.2, 0.25) is 5.02 Å². The molecule has 1 saturated heterocycles. The Morgan fingerprint density at radius 3 is 2.74 bits per heavy atom. The van der Waals surface area contributed by atoms with Gasteiger partial charge in [-0.25, -0.2) is 4.98 Å². The summed E-state index contributed by atoms with van der Waals surface area (Å²) in [6.07, 6.45) is 1.53. The second-order valence-electron chi connectivity index (χ2n) is 7.49. The summed E-state index contributed by atoms with van der Waals surface area (Å²) in [6, 6.07) is 13.1. The molecule has 2 aromatic carbocycles. The lowest BCUT2D eigenvalue weighted by atomic mass is 10.1. The molecule has 4 rings (SSSR count). The van der Waals surface area contributed by atoms with E-state index in [1.54, 1.807) is 23.1 Å². The van der Waals surface area contributed by atoms with Crippen molar-refractivity contribution in [1.82, 2.24) is 19.6 Å². The number of aromatic nitrogens is 2. The van der Waals surface area contributed by atoms with Crippen LogP contribution >= 0.6 is 23.5 Å². The first-order valence-electron chi connectivity index (χ1n) is 11.2. The zero-order chi connectivity index (χ0) is 24.6. The van der Waals surface area contributed by atoms with Crippen LogP contribution in [0.1, 0.15) is 17.3 Å². The molecule has 3 N–H and O–H groups in total. The third kappa shape index (κ3) is 6.34. The Kier molecular flexibility index (Phi) is 8.64. The van der Waals surface area contributed by atoms with Gasteiger partial charge in [0.2, 0.25) is 5.95 Å². The topological polar surface area (TPSA) is 101 Å². The van der Waals surface area contributed by atoms with Crippen molar-refractivity contribution in [2.45, 2.75) is 11.8 Å². The Hall–Kier alpha value is -3.05. The third-order valence-corrected chi connectivity index (χ3v) is 6.23. The van der Waals surface area contributed by atoms with E-state index in [0.29, 0.717) is 66.7 Å². The number of morpholine rings is 1. The van der Waals surface area contributed by atoms with Crippen molar-refractivity contribution in [2.75, 3.05) is 50.6 Å². The largest absolute Gasteiger partial charge is 0.492 e. The molecule has 1 aliphatic heterocycles. The van der Waals surface area contributed by atoms with Crippen LogP contribution in [0.25, 0.3) is 0 Å². The molecule has 184 valence electrons. The van der Waals surface area contributed by atoms with Crippen LogP contribution in [0, 0.1) is 0 Å². The monoisotopic (exact) mass is 514 g/mol. The van der Waals surface area contributed by atoms with Crippen LogP contribution in [0.5, 0.6) is 5.75 Å². The molecule has 11 heteroatoms. The second kappa shape index (κ2) is 12.1. The molecular weight excluding hydrogens is 488 g/mol. The van der Waals surface area contributed by atoms with Crippen LogP contribution in [0.15, 0.2) is 53.6 Å². The minimum Gasteiger partial charge on any atom is -0.492 e. The first kappa shape index (κ1) is 25.1. The number of benzene rings is 2. The number of amides is 1.